The first kappa shape index (κ1) is 22.5. The van der Waals surface area contributed by atoms with Crippen LogP contribution < -0.4 is 20.5 Å². The molecule has 3 N–H and O–H groups in total. The van der Waals surface area contributed by atoms with Gasteiger partial charge in [0, 0.05) is 18.8 Å². The lowest BCUT2D eigenvalue weighted by atomic mass is 10.1. The number of nitrogens with zero attached hydrogens (tertiary/aromatic N) is 2. The van der Waals surface area contributed by atoms with Crippen LogP contribution in [0, 0.1) is 13.8 Å². The minimum absolute atomic E-state index is 0.125. The number of benzene rings is 3. The van der Waals surface area contributed by atoms with E-state index in [1.54, 1.807) is 24.3 Å². The summed E-state index contributed by atoms with van der Waals surface area (Å²) >= 11 is 0.700. The van der Waals surface area contributed by atoms with Gasteiger partial charge in [0.15, 0.2) is 0 Å². The second kappa shape index (κ2) is 9.58. The number of amides is 2. The van der Waals surface area contributed by atoms with E-state index in [9.17, 15) is 9.59 Å². The van der Waals surface area contributed by atoms with Gasteiger partial charge in [0.25, 0.3) is 5.24 Å². The molecule has 4 aromatic rings. The summed E-state index contributed by atoms with van der Waals surface area (Å²) < 4.78 is 22.3. The molecule has 184 valence electrons. The summed E-state index contributed by atoms with van der Waals surface area (Å²) in [5.74, 6) is 2.22. The van der Waals surface area contributed by atoms with E-state index >= 15 is 0 Å². The van der Waals surface area contributed by atoms with Gasteiger partial charge in [0.05, 0.1) is 17.6 Å². The van der Waals surface area contributed by atoms with E-state index in [0.29, 0.717) is 23.3 Å². The van der Waals surface area contributed by atoms with Crippen LogP contribution in [0.15, 0.2) is 54.6 Å². The Morgan fingerprint density at radius 2 is 1.75 bits per heavy atom. The smallest absolute Gasteiger partial charge is 0.286 e. The highest BCUT2D eigenvalue weighted by Gasteiger charge is 2.31. The SMILES string of the molecule is [2H][C@]1(Cc2ccc(OCc3nc4ccc(Oc5cc(C)c(N)c(C)c5)cc4n3C)cc2)SC(=O)NC1=O. The van der Waals surface area contributed by atoms with Crippen LogP contribution in [0.25, 0.3) is 11.0 Å². The van der Waals surface area contributed by atoms with Crippen molar-refractivity contribution in [3.05, 3.63) is 77.1 Å². The number of thioether (sulfide) groups is 1. The monoisotopic (exact) mass is 503 g/mol. The average molecular weight is 504 g/mol. The van der Waals surface area contributed by atoms with Crippen LogP contribution in [0.3, 0.4) is 0 Å². The lowest BCUT2D eigenvalue weighted by Crippen LogP contribution is -2.25. The van der Waals surface area contributed by atoms with Crippen molar-refractivity contribution in [3.8, 4) is 17.2 Å². The molecule has 0 unspecified atom stereocenters. The lowest BCUT2D eigenvalue weighted by Gasteiger charge is -2.11. The Kier molecular flexibility index (Phi) is 5.98. The Bertz CT molecular complexity index is 1510. The molecule has 1 aliphatic heterocycles. The molecule has 9 heteroatoms. The quantitative estimate of drug-likeness (QED) is 0.340. The molecule has 2 heterocycles. The molecule has 3 aromatic carbocycles. The van der Waals surface area contributed by atoms with Crippen LogP contribution in [0.5, 0.6) is 17.2 Å². The number of hydrogen-bond acceptors (Lipinski definition) is 7. The highest BCUT2D eigenvalue weighted by Crippen LogP contribution is 2.30. The summed E-state index contributed by atoms with van der Waals surface area (Å²) in [7, 11) is 1.93. The number of ether oxygens (including phenoxy) is 2. The van der Waals surface area contributed by atoms with Crippen LogP contribution in [0.1, 0.15) is 23.9 Å². The first-order valence-electron chi connectivity index (χ1n) is 11.9. The van der Waals surface area contributed by atoms with Gasteiger partial charge in [-0.1, -0.05) is 23.9 Å². The van der Waals surface area contributed by atoms with Crippen molar-refractivity contribution in [2.24, 2.45) is 7.05 Å². The molecule has 1 fully saturated rings. The maximum Gasteiger partial charge on any atom is 0.286 e. The predicted octanol–water partition coefficient (Wildman–Crippen LogP) is 5.04. The fraction of sp³-hybridized carbons (Fsp3) is 0.222. The van der Waals surface area contributed by atoms with Gasteiger partial charge in [-0.15, -0.1) is 0 Å². The highest BCUT2D eigenvalue weighted by atomic mass is 32.2. The van der Waals surface area contributed by atoms with E-state index in [0.717, 1.165) is 45.0 Å². The highest BCUT2D eigenvalue weighted by molar-refractivity contribution is 8.15. The molecule has 8 nitrogen and oxygen atoms in total. The number of nitrogens with one attached hydrogen (secondary N) is 1. The molecule has 0 radical (unpaired) electrons. The largest absolute Gasteiger partial charge is 0.486 e. The standard InChI is InChI=1S/C27H26N4O4S/c1-15-10-20(11-16(2)25(15)28)35-19-8-9-21-22(13-19)31(3)24(29-21)14-34-18-6-4-17(5-7-18)12-23-26(32)30-27(33)36-23/h4-11,13,23H,12,14,28H2,1-3H3,(H,30,32,33)/t23-/m1/s1/i23D. The summed E-state index contributed by atoms with van der Waals surface area (Å²) in [5.41, 5.74) is 11.3. The first-order valence-corrected chi connectivity index (χ1v) is 12.2. The van der Waals surface area contributed by atoms with E-state index in [2.05, 4.69) is 10.3 Å². The van der Waals surface area contributed by atoms with Gasteiger partial charge in [-0.2, -0.15) is 0 Å². The van der Waals surface area contributed by atoms with Gasteiger partial charge in [0.2, 0.25) is 5.91 Å². The van der Waals surface area contributed by atoms with Crippen molar-refractivity contribution in [1.29, 1.82) is 0 Å². The average Bonchev–Trinajstić information content (AvgIpc) is 3.30. The first-order chi connectivity index (χ1) is 17.6. The van der Waals surface area contributed by atoms with Crippen molar-refractivity contribution >= 4 is 39.6 Å². The molecule has 0 saturated carbocycles. The van der Waals surface area contributed by atoms with Crippen molar-refractivity contribution in [2.75, 3.05) is 5.73 Å². The van der Waals surface area contributed by atoms with Gasteiger partial charge < -0.3 is 19.8 Å². The van der Waals surface area contributed by atoms with Gasteiger partial charge in [0.1, 0.15) is 29.7 Å². The van der Waals surface area contributed by atoms with E-state index in [1.165, 1.54) is 0 Å². The number of imidazole rings is 1. The maximum atomic E-state index is 11.9. The third kappa shape index (κ3) is 4.87. The number of aryl methyl sites for hydroxylation is 3. The normalized spacial score (nSPS) is 17.8. The molecule has 1 atom stereocenters. The molecular weight excluding hydrogens is 476 g/mol. The van der Waals surface area contributed by atoms with Crippen molar-refractivity contribution in [3.63, 3.8) is 0 Å². The molecule has 0 aliphatic carbocycles. The number of anilines is 1. The van der Waals surface area contributed by atoms with Crippen molar-refractivity contribution in [2.45, 2.75) is 32.1 Å². The van der Waals surface area contributed by atoms with Gasteiger partial charge in [-0.3, -0.25) is 14.9 Å². The summed E-state index contributed by atoms with van der Waals surface area (Å²) in [6.45, 7) is 4.17. The zero-order valence-electron chi connectivity index (χ0n) is 21.1. The van der Waals surface area contributed by atoms with Crippen molar-refractivity contribution < 1.29 is 20.4 Å². The summed E-state index contributed by atoms with van der Waals surface area (Å²) in [6.07, 6.45) is 0.125. The Labute approximate surface area is 214 Å². The van der Waals surface area contributed by atoms with Crippen LogP contribution >= 0.6 is 11.8 Å². The second-order valence-corrected chi connectivity index (χ2v) is 9.75. The summed E-state index contributed by atoms with van der Waals surface area (Å²) in [5, 5.41) is 0.136. The molecular formula is C27H26N4O4S. The van der Waals surface area contributed by atoms with E-state index in [1.807, 2.05) is 55.8 Å². The van der Waals surface area contributed by atoms with Crippen LogP contribution in [0.2, 0.25) is 0 Å². The van der Waals surface area contributed by atoms with Crippen LogP contribution in [-0.2, 0) is 24.9 Å². The van der Waals surface area contributed by atoms with E-state index < -0.39 is 16.4 Å². The fourth-order valence-electron chi connectivity index (χ4n) is 4.04. The number of aromatic nitrogens is 2. The molecule has 2 amide bonds. The topological polar surface area (TPSA) is 108 Å². The fourth-order valence-corrected chi connectivity index (χ4v) is 4.79. The zero-order valence-corrected chi connectivity index (χ0v) is 20.9. The molecule has 1 aliphatic rings. The minimum Gasteiger partial charge on any atom is -0.486 e. The zero-order chi connectivity index (χ0) is 26.3. The Hall–Kier alpha value is -3.98. The van der Waals surface area contributed by atoms with E-state index in [4.69, 9.17) is 16.6 Å². The summed E-state index contributed by atoms with van der Waals surface area (Å²) in [4.78, 5) is 28.0. The molecule has 0 bridgehead atoms. The molecule has 1 aromatic heterocycles. The Morgan fingerprint density at radius 1 is 1.06 bits per heavy atom. The summed E-state index contributed by atoms with van der Waals surface area (Å²) in [6, 6.07) is 16.7. The third-order valence-corrected chi connectivity index (χ3v) is 6.95. The maximum absolute atomic E-state index is 11.9. The van der Waals surface area contributed by atoms with Gasteiger partial charge in [-0.05, 0) is 73.4 Å². The number of fused-ring (bicyclic) bond motifs is 1. The van der Waals surface area contributed by atoms with Gasteiger partial charge >= 0.3 is 0 Å². The number of imide groups is 1. The third-order valence-electron chi connectivity index (χ3n) is 6.09. The van der Waals surface area contributed by atoms with Crippen LogP contribution in [0.4, 0.5) is 10.5 Å². The van der Waals surface area contributed by atoms with E-state index in [-0.39, 0.29) is 13.0 Å². The predicted molar refractivity (Wildman–Crippen MR) is 141 cm³/mol. The molecule has 0 spiro atoms. The molecule has 1 saturated heterocycles. The molecule has 5 rings (SSSR count). The number of carbonyl (C=O) groups excluding carboxylic acids is 2. The lowest BCUT2D eigenvalue weighted by molar-refractivity contribution is -0.118. The Morgan fingerprint density at radius 3 is 2.42 bits per heavy atom. The number of nitrogens with two attached hydrogens (primary N) is 1. The van der Waals surface area contributed by atoms with Gasteiger partial charge in [-0.25, -0.2) is 4.98 Å². The van der Waals surface area contributed by atoms with Crippen molar-refractivity contribution in [1.82, 2.24) is 14.9 Å². The number of rotatable bonds is 7. The molecule has 36 heavy (non-hydrogen) atoms. The van der Waals surface area contributed by atoms with Crippen LogP contribution in [-0.4, -0.2) is 25.9 Å². The number of hydrogen-bond donors (Lipinski definition) is 2. The number of carbonyl (C=O) groups is 2. The minimum atomic E-state index is -1.54. The second-order valence-electron chi connectivity index (χ2n) is 8.69. The Balaban J connectivity index is 1.26. The number of nitrogen functional groups attached to an aromatic ring is 1.